The van der Waals surface area contributed by atoms with Gasteiger partial charge in [0.2, 0.25) is 5.91 Å². The number of imidazole rings is 1. The zero-order valence-corrected chi connectivity index (χ0v) is 13.9. The third kappa shape index (κ3) is 5.64. The molecule has 0 unspecified atom stereocenters. The van der Waals surface area contributed by atoms with Gasteiger partial charge in [-0.3, -0.25) is 4.79 Å². The molecule has 1 rings (SSSR count). The van der Waals surface area contributed by atoms with Gasteiger partial charge in [-0.25, -0.2) is 13.4 Å². The topological polar surface area (TPSA) is 90.3 Å². The van der Waals surface area contributed by atoms with Crippen LogP contribution in [0.2, 0.25) is 0 Å². The van der Waals surface area contributed by atoms with Crippen molar-refractivity contribution in [2.45, 2.75) is 37.8 Å². The van der Waals surface area contributed by atoms with Gasteiger partial charge in [0.15, 0.2) is 5.03 Å². The number of rotatable bonds is 8. The smallest absolute Gasteiger partial charge is 0.280 e. The Morgan fingerprint density at radius 2 is 2.19 bits per heavy atom. The Morgan fingerprint density at radius 1 is 1.52 bits per heavy atom. The second-order valence-corrected chi connectivity index (χ2v) is 7.37. The summed E-state index contributed by atoms with van der Waals surface area (Å²) in [6, 6.07) is 0. The third-order valence-electron chi connectivity index (χ3n) is 2.71. The number of nitrogens with zero attached hydrogens (tertiary/aromatic N) is 2. The Labute approximate surface area is 129 Å². The summed E-state index contributed by atoms with van der Waals surface area (Å²) < 4.78 is 29.0. The number of hydrogen-bond acceptors (Lipinski definition) is 5. The van der Waals surface area contributed by atoms with Gasteiger partial charge in [-0.05, 0) is 6.42 Å². The zero-order valence-electron chi connectivity index (χ0n) is 12.3. The lowest BCUT2D eigenvalue weighted by atomic mass is 10.2. The third-order valence-corrected chi connectivity index (χ3v) is 3.88. The number of nitrogens with one attached hydrogen (secondary N) is 1. The Hall–Kier alpha value is -1.12. The molecule has 0 radical (unpaired) electrons. The van der Waals surface area contributed by atoms with Crippen molar-refractivity contribution in [1.82, 2.24) is 14.9 Å². The predicted octanol–water partition coefficient (Wildman–Crippen LogP) is 1.09. The molecule has 0 saturated carbocycles. The van der Waals surface area contributed by atoms with Gasteiger partial charge in [0.05, 0.1) is 0 Å². The number of carbonyl (C=O) groups is 1. The molecule has 9 heteroatoms. The summed E-state index contributed by atoms with van der Waals surface area (Å²) in [7, 11) is 2.97. The van der Waals surface area contributed by atoms with E-state index in [1.54, 1.807) is 7.11 Å². The van der Waals surface area contributed by atoms with Crippen molar-refractivity contribution < 1.29 is 17.9 Å². The molecule has 0 bridgehead atoms. The van der Waals surface area contributed by atoms with E-state index >= 15 is 0 Å². The summed E-state index contributed by atoms with van der Waals surface area (Å²) >= 11 is 0. The fourth-order valence-corrected chi connectivity index (χ4v) is 2.44. The van der Waals surface area contributed by atoms with E-state index in [-0.39, 0.29) is 23.4 Å². The summed E-state index contributed by atoms with van der Waals surface area (Å²) in [5.74, 6) is 0.253. The van der Waals surface area contributed by atoms with Crippen LogP contribution in [0.5, 0.6) is 0 Å². The van der Waals surface area contributed by atoms with Crippen LogP contribution < -0.4 is 5.32 Å². The van der Waals surface area contributed by atoms with Gasteiger partial charge in [-0.2, -0.15) is 0 Å². The van der Waals surface area contributed by atoms with Crippen molar-refractivity contribution in [1.29, 1.82) is 0 Å². The van der Waals surface area contributed by atoms with E-state index in [9.17, 15) is 13.2 Å². The molecule has 0 atom stereocenters. The molecule has 0 aromatic carbocycles. The summed E-state index contributed by atoms with van der Waals surface area (Å²) in [6.07, 6.45) is 2.00. The molecule has 1 N–H and O–H groups in total. The van der Waals surface area contributed by atoms with Crippen molar-refractivity contribution in [2.75, 3.05) is 20.3 Å². The maximum Gasteiger partial charge on any atom is 0.280 e. The maximum absolute atomic E-state index is 11.8. The molecule has 0 aliphatic carbocycles. The molecule has 21 heavy (non-hydrogen) atoms. The molecule has 0 fully saturated rings. The molecule has 1 heterocycles. The first-order chi connectivity index (χ1) is 9.75. The van der Waals surface area contributed by atoms with E-state index in [2.05, 4.69) is 10.3 Å². The molecule has 0 aliphatic rings. The quantitative estimate of drug-likeness (QED) is 0.566. The van der Waals surface area contributed by atoms with Crippen molar-refractivity contribution in [3.8, 4) is 0 Å². The minimum Gasteiger partial charge on any atom is -0.385 e. The number of carbonyl (C=O) groups excluding carboxylic acids is 1. The lowest BCUT2D eigenvalue weighted by molar-refractivity contribution is -0.121. The van der Waals surface area contributed by atoms with Crippen LogP contribution in [0.25, 0.3) is 0 Å². The molecule has 7 nitrogen and oxygen atoms in total. The van der Waals surface area contributed by atoms with Crippen molar-refractivity contribution in [3.05, 3.63) is 12.0 Å². The minimum atomic E-state index is -3.91. The first kappa shape index (κ1) is 17.9. The number of amides is 1. The zero-order chi connectivity index (χ0) is 16.0. The van der Waals surface area contributed by atoms with Gasteiger partial charge in [0.1, 0.15) is 12.4 Å². The molecule has 1 aromatic heterocycles. The van der Waals surface area contributed by atoms with Crippen LogP contribution in [0.1, 0.15) is 32.0 Å². The van der Waals surface area contributed by atoms with E-state index in [1.165, 1.54) is 10.8 Å². The van der Waals surface area contributed by atoms with E-state index in [4.69, 9.17) is 15.4 Å². The fourth-order valence-electron chi connectivity index (χ4n) is 1.77. The molecule has 1 aromatic rings. The van der Waals surface area contributed by atoms with Crippen LogP contribution >= 0.6 is 10.7 Å². The predicted molar refractivity (Wildman–Crippen MR) is 78.9 cm³/mol. The van der Waals surface area contributed by atoms with Gasteiger partial charge in [0.25, 0.3) is 9.05 Å². The fraction of sp³-hybridized carbons (Fsp3) is 0.667. The number of ether oxygens (including phenoxy) is 1. The van der Waals surface area contributed by atoms with E-state index < -0.39 is 9.05 Å². The van der Waals surface area contributed by atoms with E-state index in [1.807, 2.05) is 13.8 Å². The Morgan fingerprint density at radius 3 is 2.71 bits per heavy atom. The average Bonchev–Trinajstić information content (AvgIpc) is 2.78. The molecule has 1 amide bonds. The Balaban J connectivity index is 2.77. The summed E-state index contributed by atoms with van der Waals surface area (Å²) in [5, 5.41) is 2.49. The molecule has 120 valence electrons. The highest BCUT2D eigenvalue weighted by Gasteiger charge is 2.20. The van der Waals surface area contributed by atoms with Crippen LogP contribution in [0.15, 0.2) is 11.2 Å². The summed E-state index contributed by atoms with van der Waals surface area (Å²) in [5.41, 5.74) is 0. The normalized spacial score (nSPS) is 11.9. The van der Waals surface area contributed by atoms with Crippen LogP contribution in [-0.2, 0) is 25.1 Å². The first-order valence-corrected chi connectivity index (χ1v) is 8.84. The molecule has 0 saturated heterocycles. The van der Waals surface area contributed by atoms with Crippen LogP contribution in [0.3, 0.4) is 0 Å². The highest BCUT2D eigenvalue weighted by Crippen LogP contribution is 2.19. The van der Waals surface area contributed by atoms with Gasteiger partial charge in [-0.15, -0.1) is 0 Å². The van der Waals surface area contributed by atoms with Gasteiger partial charge in [-0.1, -0.05) is 13.8 Å². The SMILES string of the molecule is COCCCNC(=O)Cn1cc(S(=O)(=O)Cl)nc1C(C)C. The number of aromatic nitrogens is 2. The molecule has 0 spiro atoms. The Kier molecular flexibility index (Phi) is 6.63. The number of methoxy groups -OCH3 is 1. The van der Waals surface area contributed by atoms with E-state index in [0.717, 1.165) is 0 Å². The standard InChI is InChI=1S/C12H20ClN3O4S/c1-9(2)12-15-11(21(13,18)19)8-16(12)7-10(17)14-5-4-6-20-3/h8-9H,4-7H2,1-3H3,(H,14,17). The molecular weight excluding hydrogens is 318 g/mol. The van der Waals surface area contributed by atoms with Gasteiger partial charge in [0, 0.05) is 43.1 Å². The lowest BCUT2D eigenvalue weighted by Gasteiger charge is -2.10. The highest BCUT2D eigenvalue weighted by molar-refractivity contribution is 8.13. The number of hydrogen-bond donors (Lipinski definition) is 1. The lowest BCUT2D eigenvalue weighted by Crippen LogP contribution is -2.29. The van der Waals surface area contributed by atoms with Crippen molar-refractivity contribution in [3.63, 3.8) is 0 Å². The highest BCUT2D eigenvalue weighted by atomic mass is 35.7. The minimum absolute atomic E-state index is 0.0000949. The van der Waals surface area contributed by atoms with Crippen molar-refractivity contribution in [2.24, 2.45) is 0 Å². The van der Waals surface area contributed by atoms with Crippen LogP contribution in [0, 0.1) is 0 Å². The monoisotopic (exact) mass is 337 g/mol. The molecular formula is C12H20ClN3O4S. The van der Waals surface area contributed by atoms with Gasteiger partial charge >= 0.3 is 0 Å². The maximum atomic E-state index is 11.8. The number of halogens is 1. The summed E-state index contributed by atoms with van der Waals surface area (Å²) in [4.78, 5) is 15.8. The second kappa shape index (κ2) is 7.77. The summed E-state index contributed by atoms with van der Waals surface area (Å²) in [6.45, 7) is 4.79. The van der Waals surface area contributed by atoms with Gasteiger partial charge < -0.3 is 14.6 Å². The van der Waals surface area contributed by atoms with E-state index in [0.29, 0.717) is 25.4 Å². The first-order valence-electron chi connectivity index (χ1n) is 6.53. The van der Waals surface area contributed by atoms with Crippen LogP contribution in [-0.4, -0.2) is 44.1 Å². The van der Waals surface area contributed by atoms with Crippen LogP contribution in [0.4, 0.5) is 0 Å². The van der Waals surface area contributed by atoms with Crippen molar-refractivity contribution >= 4 is 25.6 Å². The average molecular weight is 338 g/mol. The second-order valence-electron chi connectivity index (χ2n) is 4.85. The largest absolute Gasteiger partial charge is 0.385 e. The molecule has 0 aliphatic heterocycles. The Bertz CT molecular complexity index is 583.